The maximum absolute atomic E-state index is 12.3. The molecule has 0 aromatic heterocycles. The lowest BCUT2D eigenvalue weighted by Gasteiger charge is -2.20. The van der Waals surface area contributed by atoms with Gasteiger partial charge in [0.05, 0.1) is 12.2 Å². The second-order valence-corrected chi connectivity index (χ2v) is 6.35. The zero-order valence-electron chi connectivity index (χ0n) is 13.3. The highest BCUT2D eigenvalue weighted by Crippen LogP contribution is 2.35. The summed E-state index contributed by atoms with van der Waals surface area (Å²) in [4.78, 5) is 23.3. The van der Waals surface area contributed by atoms with Crippen molar-refractivity contribution in [2.45, 2.75) is 77.4 Å². The highest BCUT2D eigenvalue weighted by Gasteiger charge is 2.41. The van der Waals surface area contributed by atoms with Crippen LogP contribution in [0.1, 0.15) is 65.2 Å². The van der Waals surface area contributed by atoms with Crippen LogP contribution >= 0.6 is 0 Å². The number of aliphatic hydroxyl groups is 2. The highest BCUT2D eigenvalue weighted by atomic mass is 16.3. The molecule has 0 spiro atoms. The summed E-state index contributed by atoms with van der Waals surface area (Å²) in [6.07, 6.45) is 5.65. The Morgan fingerprint density at radius 3 is 2.52 bits per heavy atom. The van der Waals surface area contributed by atoms with Crippen LogP contribution in [-0.2, 0) is 9.59 Å². The second-order valence-electron chi connectivity index (χ2n) is 6.35. The Morgan fingerprint density at radius 2 is 1.95 bits per heavy atom. The van der Waals surface area contributed by atoms with Gasteiger partial charge in [0.2, 0.25) is 0 Å². The number of aliphatic hydroxyl groups excluding tert-OH is 2. The third kappa shape index (κ3) is 5.19. The third-order valence-electron chi connectivity index (χ3n) is 4.90. The molecule has 1 aliphatic carbocycles. The molecule has 4 heteroatoms. The number of carbonyl (C=O) groups excluding carboxylic acids is 2. The average Bonchev–Trinajstić information content (AvgIpc) is 2.74. The first-order chi connectivity index (χ1) is 10.0. The summed E-state index contributed by atoms with van der Waals surface area (Å²) in [6, 6.07) is 0. The number of ketones is 1. The SMILES string of the molecule is CCCCCC(CC)C(=O)CC[C@H]1[C@@H](C=O)[C@H](O)C[C@@H]1O. The topological polar surface area (TPSA) is 74.6 Å². The summed E-state index contributed by atoms with van der Waals surface area (Å²) >= 11 is 0. The molecule has 1 fully saturated rings. The molecule has 1 saturated carbocycles. The summed E-state index contributed by atoms with van der Waals surface area (Å²) in [5.74, 6) is -0.441. The largest absolute Gasteiger partial charge is 0.393 e. The van der Waals surface area contributed by atoms with Gasteiger partial charge in [-0.15, -0.1) is 0 Å². The number of aldehydes is 1. The number of unbranched alkanes of at least 4 members (excludes halogenated alkanes) is 2. The lowest BCUT2D eigenvalue weighted by Crippen LogP contribution is -2.25. The van der Waals surface area contributed by atoms with E-state index < -0.39 is 18.1 Å². The fourth-order valence-electron chi connectivity index (χ4n) is 3.44. The van der Waals surface area contributed by atoms with Crippen molar-refractivity contribution in [3.63, 3.8) is 0 Å². The van der Waals surface area contributed by atoms with Crippen LogP contribution in [0, 0.1) is 17.8 Å². The third-order valence-corrected chi connectivity index (χ3v) is 4.90. The molecule has 0 aliphatic heterocycles. The summed E-state index contributed by atoms with van der Waals surface area (Å²) in [5, 5.41) is 19.6. The van der Waals surface area contributed by atoms with E-state index in [9.17, 15) is 19.8 Å². The molecule has 0 radical (unpaired) electrons. The normalized spacial score (nSPS) is 30.3. The summed E-state index contributed by atoms with van der Waals surface area (Å²) in [6.45, 7) is 4.19. The Balaban J connectivity index is 2.45. The number of Topliss-reactive ketones (excluding diaryl/α,β-unsaturated/α-hetero) is 1. The van der Waals surface area contributed by atoms with E-state index in [1.54, 1.807) is 0 Å². The molecule has 0 bridgehead atoms. The Hall–Kier alpha value is -0.740. The number of hydrogen-bond donors (Lipinski definition) is 2. The van der Waals surface area contributed by atoms with E-state index >= 15 is 0 Å². The fourth-order valence-corrected chi connectivity index (χ4v) is 3.44. The molecule has 0 amide bonds. The smallest absolute Gasteiger partial charge is 0.135 e. The molecule has 1 rings (SSSR count). The van der Waals surface area contributed by atoms with Crippen LogP contribution in [0.25, 0.3) is 0 Å². The highest BCUT2D eigenvalue weighted by molar-refractivity contribution is 5.81. The van der Waals surface area contributed by atoms with Crippen molar-refractivity contribution in [2.24, 2.45) is 17.8 Å². The van der Waals surface area contributed by atoms with Gasteiger partial charge in [0.1, 0.15) is 12.1 Å². The van der Waals surface area contributed by atoms with Gasteiger partial charge in [0, 0.05) is 24.7 Å². The first-order valence-electron chi connectivity index (χ1n) is 8.39. The Labute approximate surface area is 127 Å². The van der Waals surface area contributed by atoms with Crippen molar-refractivity contribution in [2.75, 3.05) is 0 Å². The van der Waals surface area contributed by atoms with Crippen LogP contribution in [0.5, 0.6) is 0 Å². The predicted molar refractivity (Wildman–Crippen MR) is 81.8 cm³/mol. The van der Waals surface area contributed by atoms with Gasteiger partial charge in [-0.3, -0.25) is 4.79 Å². The molecule has 1 aliphatic rings. The Kier molecular flexibility index (Phi) is 8.12. The monoisotopic (exact) mass is 298 g/mol. The van der Waals surface area contributed by atoms with Crippen molar-refractivity contribution in [1.29, 1.82) is 0 Å². The molecule has 5 atom stereocenters. The van der Waals surface area contributed by atoms with Crippen LogP contribution in [0.2, 0.25) is 0 Å². The molecular formula is C17H30O4. The minimum absolute atomic E-state index is 0.106. The standard InChI is InChI=1S/C17H30O4/c1-3-5-6-7-12(4-2)15(19)9-8-13-14(11-18)17(21)10-16(13)20/h11-14,16-17,20-21H,3-10H2,1-2H3/t12?,13-,14+,16-,17+/m0/s1. The van der Waals surface area contributed by atoms with Gasteiger partial charge < -0.3 is 15.0 Å². The fraction of sp³-hybridized carbons (Fsp3) is 0.882. The van der Waals surface area contributed by atoms with E-state index in [1.807, 2.05) is 6.92 Å². The molecule has 0 aromatic carbocycles. The molecule has 0 saturated heterocycles. The van der Waals surface area contributed by atoms with Crippen LogP contribution in [0.3, 0.4) is 0 Å². The summed E-state index contributed by atoms with van der Waals surface area (Å²) in [5.41, 5.74) is 0. The maximum Gasteiger partial charge on any atom is 0.135 e. The molecule has 0 heterocycles. The van der Waals surface area contributed by atoms with E-state index in [2.05, 4.69) is 6.92 Å². The van der Waals surface area contributed by atoms with Gasteiger partial charge in [-0.1, -0.05) is 33.1 Å². The molecule has 2 N–H and O–H groups in total. The van der Waals surface area contributed by atoms with Crippen LogP contribution in [0.15, 0.2) is 0 Å². The van der Waals surface area contributed by atoms with E-state index in [0.717, 1.165) is 38.4 Å². The maximum atomic E-state index is 12.3. The quantitative estimate of drug-likeness (QED) is 0.480. The molecule has 0 aromatic rings. The lowest BCUT2D eigenvalue weighted by molar-refractivity contribution is -0.124. The minimum atomic E-state index is -0.760. The van der Waals surface area contributed by atoms with Crippen molar-refractivity contribution in [3.8, 4) is 0 Å². The van der Waals surface area contributed by atoms with E-state index in [4.69, 9.17) is 0 Å². The van der Waals surface area contributed by atoms with E-state index in [-0.39, 0.29) is 24.0 Å². The summed E-state index contributed by atoms with van der Waals surface area (Å²) < 4.78 is 0. The zero-order valence-corrected chi connectivity index (χ0v) is 13.3. The van der Waals surface area contributed by atoms with E-state index in [0.29, 0.717) is 12.8 Å². The van der Waals surface area contributed by atoms with Crippen molar-refractivity contribution < 1.29 is 19.8 Å². The van der Waals surface area contributed by atoms with Gasteiger partial charge in [-0.2, -0.15) is 0 Å². The van der Waals surface area contributed by atoms with Crippen LogP contribution in [-0.4, -0.2) is 34.5 Å². The van der Waals surface area contributed by atoms with Crippen molar-refractivity contribution in [3.05, 3.63) is 0 Å². The second kappa shape index (κ2) is 9.31. The molecule has 1 unspecified atom stereocenters. The van der Waals surface area contributed by atoms with Gasteiger partial charge in [0.25, 0.3) is 0 Å². The number of rotatable bonds is 10. The van der Waals surface area contributed by atoms with Crippen LogP contribution in [0.4, 0.5) is 0 Å². The molecule has 122 valence electrons. The van der Waals surface area contributed by atoms with Crippen molar-refractivity contribution >= 4 is 12.1 Å². The lowest BCUT2D eigenvalue weighted by atomic mass is 9.86. The van der Waals surface area contributed by atoms with Gasteiger partial charge in [-0.25, -0.2) is 0 Å². The predicted octanol–water partition coefficient (Wildman–Crippen LogP) is 2.50. The minimum Gasteiger partial charge on any atom is -0.393 e. The summed E-state index contributed by atoms with van der Waals surface area (Å²) in [7, 11) is 0. The molecule has 21 heavy (non-hydrogen) atoms. The van der Waals surface area contributed by atoms with Crippen molar-refractivity contribution in [1.82, 2.24) is 0 Å². The number of carbonyl (C=O) groups is 2. The molecular weight excluding hydrogens is 268 g/mol. The van der Waals surface area contributed by atoms with Gasteiger partial charge in [-0.05, 0) is 25.2 Å². The van der Waals surface area contributed by atoms with Gasteiger partial charge >= 0.3 is 0 Å². The first-order valence-corrected chi connectivity index (χ1v) is 8.39. The zero-order chi connectivity index (χ0) is 15.8. The van der Waals surface area contributed by atoms with Gasteiger partial charge in [0.15, 0.2) is 0 Å². The molecule has 4 nitrogen and oxygen atoms in total. The first kappa shape index (κ1) is 18.3. The number of hydrogen-bond acceptors (Lipinski definition) is 4. The average molecular weight is 298 g/mol. The van der Waals surface area contributed by atoms with E-state index in [1.165, 1.54) is 0 Å². The van der Waals surface area contributed by atoms with Crippen LogP contribution < -0.4 is 0 Å². The Bertz CT molecular complexity index is 329. The Morgan fingerprint density at radius 1 is 1.24 bits per heavy atom.